The topological polar surface area (TPSA) is 67.2 Å². The molecule has 1 aromatic heterocycles. The van der Waals surface area contributed by atoms with Crippen molar-refractivity contribution in [3.8, 4) is 0 Å². The first kappa shape index (κ1) is 14.4. The molecular formula is C15H18ClN3O2. The number of hydrogen-bond donors (Lipinski definition) is 2. The molecule has 0 spiro atoms. The first-order valence-corrected chi connectivity index (χ1v) is 7.24. The van der Waals surface area contributed by atoms with Crippen molar-refractivity contribution in [3.63, 3.8) is 0 Å². The molecule has 0 unspecified atom stereocenters. The minimum absolute atomic E-state index is 0. The van der Waals surface area contributed by atoms with Crippen LogP contribution in [0.2, 0.25) is 0 Å². The summed E-state index contributed by atoms with van der Waals surface area (Å²) in [6, 6.07) is 5.57. The van der Waals surface area contributed by atoms with Gasteiger partial charge >= 0.3 is 0 Å². The van der Waals surface area contributed by atoms with Gasteiger partial charge in [-0.05, 0) is 50.4 Å². The molecule has 1 aliphatic carbocycles. The average molecular weight is 308 g/mol. The summed E-state index contributed by atoms with van der Waals surface area (Å²) in [7, 11) is 0. The van der Waals surface area contributed by atoms with Gasteiger partial charge in [0.25, 0.3) is 0 Å². The van der Waals surface area contributed by atoms with E-state index in [-0.39, 0.29) is 24.4 Å². The predicted molar refractivity (Wildman–Crippen MR) is 82.9 cm³/mol. The van der Waals surface area contributed by atoms with Gasteiger partial charge in [0.1, 0.15) is 5.52 Å². The molecule has 1 amide bonds. The third-order valence-electron chi connectivity index (χ3n) is 3.98. The lowest BCUT2D eigenvalue weighted by Gasteiger charge is -2.10. The number of benzene rings is 1. The highest BCUT2D eigenvalue weighted by Gasteiger charge is 2.29. The van der Waals surface area contributed by atoms with E-state index in [0.29, 0.717) is 5.92 Å². The number of amides is 1. The molecule has 4 rings (SSSR count). The standard InChI is InChI=1S/C15H17N3O2.ClH/c19-14(11-2-1-7-16-11)17-10-5-6-13-12(8-10)18-15(20-13)9-3-4-9;/h5-6,8-9,11,16H,1-4,7H2,(H,17,19);1H/t11-;/m0./s1. The Kier molecular flexibility index (Phi) is 3.87. The van der Waals surface area contributed by atoms with Crippen molar-refractivity contribution >= 4 is 35.1 Å². The second-order valence-electron chi connectivity index (χ2n) is 5.65. The van der Waals surface area contributed by atoms with Gasteiger partial charge in [-0.3, -0.25) is 4.79 Å². The van der Waals surface area contributed by atoms with Crippen molar-refractivity contribution in [2.45, 2.75) is 37.6 Å². The SMILES string of the molecule is Cl.O=C(Nc1ccc2oc(C3CC3)nc2c1)[C@@H]1CCCN1. The highest BCUT2D eigenvalue weighted by molar-refractivity contribution is 5.96. The Morgan fingerprint density at radius 1 is 1.33 bits per heavy atom. The van der Waals surface area contributed by atoms with Gasteiger partial charge in [-0.1, -0.05) is 0 Å². The van der Waals surface area contributed by atoms with Crippen molar-refractivity contribution in [3.05, 3.63) is 24.1 Å². The highest BCUT2D eigenvalue weighted by atomic mass is 35.5. The van der Waals surface area contributed by atoms with E-state index in [2.05, 4.69) is 15.6 Å². The number of carbonyl (C=O) groups excluding carboxylic acids is 1. The number of rotatable bonds is 3. The average Bonchev–Trinajstić information content (AvgIpc) is 3.00. The molecule has 1 saturated heterocycles. The molecular weight excluding hydrogens is 290 g/mol. The van der Waals surface area contributed by atoms with Gasteiger partial charge in [0.05, 0.1) is 6.04 Å². The summed E-state index contributed by atoms with van der Waals surface area (Å²) in [5.41, 5.74) is 2.40. The molecule has 2 aliphatic rings. The van der Waals surface area contributed by atoms with Gasteiger partial charge < -0.3 is 15.1 Å². The summed E-state index contributed by atoms with van der Waals surface area (Å²) in [6.07, 6.45) is 4.31. The molecule has 2 heterocycles. The molecule has 1 atom stereocenters. The van der Waals surface area contributed by atoms with Crippen LogP contribution in [0.15, 0.2) is 22.6 Å². The summed E-state index contributed by atoms with van der Waals surface area (Å²) in [5, 5.41) is 6.14. The van der Waals surface area contributed by atoms with Crippen LogP contribution >= 0.6 is 12.4 Å². The number of carbonyl (C=O) groups is 1. The van der Waals surface area contributed by atoms with E-state index in [9.17, 15) is 4.79 Å². The second-order valence-corrected chi connectivity index (χ2v) is 5.65. The normalized spacial score (nSPS) is 21.2. The smallest absolute Gasteiger partial charge is 0.241 e. The van der Waals surface area contributed by atoms with E-state index >= 15 is 0 Å². The van der Waals surface area contributed by atoms with Crippen LogP contribution in [0.1, 0.15) is 37.5 Å². The predicted octanol–water partition coefficient (Wildman–Crippen LogP) is 2.82. The number of fused-ring (bicyclic) bond motifs is 1. The minimum Gasteiger partial charge on any atom is -0.440 e. The van der Waals surface area contributed by atoms with Gasteiger partial charge in [0.15, 0.2) is 11.5 Å². The van der Waals surface area contributed by atoms with Gasteiger partial charge in [-0.25, -0.2) is 4.98 Å². The molecule has 112 valence electrons. The minimum atomic E-state index is -0.0648. The summed E-state index contributed by atoms with van der Waals surface area (Å²) in [4.78, 5) is 16.6. The molecule has 2 aromatic rings. The molecule has 2 fully saturated rings. The zero-order chi connectivity index (χ0) is 13.5. The van der Waals surface area contributed by atoms with Crippen LogP contribution in [-0.4, -0.2) is 23.5 Å². The van der Waals surface area contributed by atoms with Crippen LogP contribution in [0, 0.1) is 0 Å². The summed E-state index contributed by atoms with van der Waals surface area (Å²) < 4.78 is 5.72. The van der Waals surface area contributed by atoms with E-state index in [1.807, 2.05) is 18.2 Å². The fraction of sp³-hybridized carbons (Fsp3) is 0.467. The lowest BCUT2D eigenvalue weighted by molar-refractivity contribution is -0.117. The van der Waals surface area contributed by atoms with Crippen molar-refractivity contribution in [1.82, 2.24) is 10.3 Å². The highest BCUT2D eigenvalue weighted by Crippen LogP contribution is 2.40. The summed E-state index contributed by atoms with van der Waals surface area (Å²) >= 11 is 0. The Bertz CT molecular complexity index is 660. The molecule has 1 aromatic carbocycles. The lowest BCUT2D eigenvalue weighted by atomic mass is 10.2. The maximum atomic E-state index is 12.1. The molecule has 6 heteroatoms. The lowest BCUT2D eigenvalue weighted by Crippen LogP contribution is -2.35. The Morgan fingerprint density at radius 2 is 2.19 bits per heavy atom. The molecule has 21 heavy (non-hydrogen) atoms. The molecule has 1 saturated carbocycles. The summed E-state index contributed by atoms with van der Waals surface area (Å²) in [5.74, 6) is 1.37. The van der Waals surface area contributed by atoms with Crippen molar-refractivity contribution in [1.29, 1.82) is 0 Å². The van der Waals surface area contributed by atoms with E-state index in [4.69, 9.17) is 4.42 Å². The van der Waals surface area contributed by atoms with Gasteiger partial charge in [-0.15, -0.1) is 12.4 Å². The van der Waals surface area contributed by atoms with Crippen LogP contribution in [0.25, 0.3) is 11.1 Å². The Hall–Kier alpha value is -1.59. The number of nitrogens with one attached hydrogen (secondary N) is 2. The van der Waals surface area contributed by atoms with E-state index in [0.717, 1.165) is 42.1 Å². The number of halogens is 1. The van der Waals surface area contributed by atoms with Crippen LogP contribution in [-0.2, 0) is 4.79 Å². The van der Waals surface area contributed by atoms with Crippen LogP contribution in [0.3, 0.4) is 0 Å². The van der Waals surface area contributed by atoms with Gasteiger partial charge in [0, 0.05) is 11.6 Å². The monoisotopic (exact) mass is 307 g/mol. The maximum absolute atomic E-state index is 12.1. The number of nitrogens with zero attached hydrogens (tertiary/aromatic N) is 1. The van der Waals surface area contributed by atoms with Gasteiger partial charge in [-0.2, -0.15) is 0 Å². The third-order valence-corrected chi connectivity index (χ3v) is 3.98. The molecule has 0 radical (unpaired) electrons. The molecule has 1 aliphatic heterocycles. The van der Waals surface area contributed by atoms with E-state index in [1.54, 1.807) is 0 Å². The Labute approximate surface area is 128 Å². The third kappa shape index (κ3) is 2.89. The molecule has 0 bridgehead atoms. The van der Waals surface area contributed by atoms with Crippen LogP contribution < -0.4 is 10.6 Å². The fourth-order valence-corrected chi connectivity index (χ4v) is 2.67. The first-order chi connectivity index (χ1) is 9.79. The Balaban J connectivity index is 0.00000132. The largest absolute Gasteiger partial charge is 0.440 e. The summed E-state index contributed by atoms with van der Waals surface area (Å²) in [6.45, 7) is 0.922. The van der Waals surface area contributed by atoms with E-state index in [1.165, 1.54) is 12.8 Å². The maximum Gasteiger partial charge on any atom is 0.241 e. The van der Waals surface area contributed by atoms with Crippen molar-refractivity contribution < 1.29 is 9.21 Å². The quantitative estimate of drug-likeness (QED) is 0.915. The van der Waals surface area contributed by atoms with Crippen LogP contribution in [0.4, 0.5) is 5.69 Å². The number of oxazole rings is 1. The zero-order valence-corrected chi connectivity index (χ0v) is 12.4. The number of aromatic nitrogens is 1. The first-order valence-electron chi connectivity index (χ1n) is 7.24. The number of anilines is 1. The van der Waals surface area contributed by atoms with Crippen molar-refractivity contribution in [2.75, 3.05) is 11.9 Å². The molecule has 5 nitrogen and oxygen atoms in total. The second kappa shape index (κ2) is 5.66. The Morgan fingerprint density at radius 3 is 2.90 bits per heavy atom. The fourth-order valence-electron chi connectivity index (χ4n) is 2.67. The van der Waals surface area contributed by atoms with Crippen LogP contribution in [0.5, 0.6) is 0 Å². The molecule has 2 N–H and O–H groups in total. The number of hydrogen-bond acceptors (Lipinski definition) is 4. The van der Waals surface area contributed by atoms with Crippen molar-refractivity contribution in [2.24, 2.45) is 0 Å². The zero-order valence-electron chi connectivity index (χ0n) is 11.6. The van der Waals surface area contributed by atoms with E-state index < -0.39 is 0 Å². The van der Waals surface area contributed by atoms with Gasteiger partial charge in [0.2, 0.25) is 5.91 Å².